The molecule has 0 aliphatic rings. The molecule has 0 aromatic heterocycles. The van der Waals surface area contributed by atoms with Crippen LogP contribution >= 0.6 is 8.69 Å². The first-order chi connectivity index (χ1) is 7.47. The lowest BCUT2D eigenvalue weighted by atomic mass is 10.3. The third-order valence-electron chi connectivity index (χ3n) is 0.823. The van der Waals surface area contributed by atoms with Gasteiger partial charge in [0.1, 0.15) is 5.78 Å². The van der Waals surface area contributed by atoms with Gasteiger partial charge in [0.05, 0.1) is 12.6 Å². The van der Waals surface area contributed by atoms with E-state index < -0.39 is 0 Å². The Kier molecular flexibility index (Phi) is 45.3. The van der Waals surface area contributed by atoms with Crippen molar-refractivity contribution < 1.29 is 20.4 Å². The van der Waals surface area contributed by atoms with E-state index in [1.54, 1.807) is 20.8 Å². The first-order valence-corrected chi connectivity index (χ1v) is 6.02. The molecule has 0 unspecified atom stereocenters. The Morgan fingerprint density at radius 2 is 1.75 bits per heavy atom. The highest BCUT2D eigenvalue weighted by Gasteiger charge is 1.95. The minimum Gasteiger partial charge on any atom is -0.397 e. The largest absolute Gasteiger partial charge is 0.397 e. The molecule has 0 aliphatic heterocycles. The lowest BCUT2D eigenvalue weighted by molar-refractivity contribution is -0.117. The maximum Gasteiger partial charge on any atom is 0.327 e. The summed E-state index contributed by atoms with van der Waals surface area (Å²) in [7, 11) is -0.220. The summed E-state index contributed by atoms with van der Waals surface area (Å²) in [6, 6.07) is -0.287. The van der Waals surface area contributed by atoms with Gasteiger partial charge in [-0.15, -0.1) is 0 Å². The van der Waals surface area contributed by atoms with Crippen LogP contribution in [0.25, 0.3) is 0 Å². The molecule has 0 fully saturated rings. The summed E-state index contributed by atoms with van der Waals surface area (Å²) in [5.74, 6) is 0.0370. The number of rotatable bonds is 3. The number of ketones is 1. The summed E-state index contributed by atoms with van der Waals surface area (Å²) in [6.07, 6.45) is 0. The molecule has 0 amide bonds. The fraction of sp³-hybridized carbons (Fsp3) is 0.900. The van der Waals surface area contributed by atoms with Crippen molar-refractivity contribution in [2.45, 2.75) is 47.6 Å². The molecule has 0 aliphatic carbocycles. The van der Waals surface area contributed by atoms with Crippen LogP contribution in [0.3, 0.4) is 0 Å². The Bertz CT molecular complexity index is 137. The van der Waals surface area contributed by atoms with E-state index >= 15 is 0 Å². The van der Waals surface area contributed by atoms with E-state index in [0.29, 0.717) is 6.61 Å². The summed E-state index contributed by atoms with van der Waals surface area (Å²) in [4.78, 5) is 10.0. The first kappa shape index (κ1) is 24.7. The van der Waals surface area contributed by atoms with Crippen LogP contribution in [0.2, 0.25) is 0 Å². The molecule has 16 heavy (non-hydrogen) atoms. The average Bonchev–Trinajstić information content (AvgIpc) is 2.24. The summed E-state index contributed by atoms with van der Waals surface area (Å²) < 4.78 is 13.5. The number of aliphatic hydroxyl groups excluding tert-OH is 1. The van der Waals surface area contributed by atoms with Crippen molar-refractivity contribution in [2.24, 2.45) is 5.73 Å². The van der Waals surface area contributed by atoms with Crippen LogP contribution in [-0.2, 0) is 13.9 Å². The van der Waals surface area contributed by atoms with Gasteiger partial charge >= 0.3 is 8.69 Å². The SMILES string of the molecule is CC.CC(=O)[C@H](C)N.CCO.CCOP=O.[HH]. The van der Waals surface area contributed by atoms with Crippen molar-refractivity contribution in [3.63, 3.8) is 0 Å². The Balaban J connectivity index is -0.0000000399. The molecule has 5 nitrogen and oxygen atoms in total. The van der Waals surface area contributed by atoms with E-state index in [-0.39, 0.29) is 28.5 Å². The maximum atomic E-state index is 10.0. The third-order valence-corrected chi connectivity index (χ3v) is 1.19. The van der Waals surface area contributed by atoms with Gasteiger partial charge in [0, 0.05) is 8.03 Å². The number of hydrogen-bond donors (Lipinski definition) is 2. The van der Waals surface area contributed by atoms with Crippen LogP contribution in [0.4, 0.5) is 0 Å². The molecular weight excluding hydrogens is 229 g/mol. The minimum atomic E-state index is -0.287. The van der Waals surface area contributed by atoms with E-state index in [0.717, 1.165) is 0 Å². The van der Waals surface area contributed by atoms with Crippen molar-refractivity contribution in [1.29, 1.82) is 0 Å². The number of carbonyl (C=O) groups excluding carboxylic acids is 1. The topological polar surface area (TPSA) is 89.6 Å². The first-order valence-electron chi connectivity index (χ1n) is 5.29. The molecule has 1 atom stereocenters. The second kappa shape index (κ2) is 29.3. The molecule has 0 saturated carbocycles. The lowest BCUT2D eigenvalue weighted by Crippen LogP contribution is -2.23. The van der Waals surface area contributed by atoms with Gasteiger partial charge in [-0.2, -0.15) is 0 Å². The highest BCUT2D eigenvalue weighted by molar-refractivity contribution is 7.17. The van der Waals surface area contributed by atoms with Crippen LogP contribution in [0, 0.1) is 0 Å². The van der Waals surface area contributed by atoms with Gasteiger partial charge in [-0.25, -0.2) is 4.57 Å². The average molecular weight is 257 g/mol. The van der Waals surface area contributed by atoms with Crippen molar-refractivity contribution in [1.82, 2.24) is 0 Å². The second-order valence-electron chi connectivity index (χ2n) is 2.21. The number of aliphatic hydroxyl groups is 1. The standard InChI is InChI=1S/C4H9NO.C2H5O2P.C2H6O.C2H6.H2/c1-3(5)4(2)6;1-2-4-5-3;1-2-3;1-2;/h3H,5H2,1-2H3;2H2,1H3;3H,2H2,1H3;1-2H3;1H/t3-;;;;/m0..../s1. The summed E-state index contributed by atoms with van der Waals surface area (Å²) in [5.41, 5.74) is 5.09. The van der Waals surface area contributed by atoms with E-state index in [1.165, 1.54) is 6.92 Å². The summed E-state index contributed by atoms with van der Waals surface area (Å²) in [5, 5.41) is 7.57. The summed E-state index contributed by atoms with van der Waals surface area (Å²) in [6.45, 7) is 11.4. The highest BCUT2D eigenvalue weighted by Crippen LogP contribution is 1.89. The van der Waals surface area contributed by atoms with Crippen molar-refractivity contribution in [3.8, 4) is 0 Å². The Morgan fingerprint density at radius 3 is 1.75 bits per heavy atom. The van der Waals surface area contributed by atoms with E-state index in [4.69, 9.17) is 10.8 Å². The van der Waals surface area contributed by atoms with Gasteiger partial charge < -0.3 is 10.8 Å². The molecular formula is C10H28NO4P. The highest BCUT2D eigenvalue weighted by atomic mass is 31.1. The monoisotopic (exact) mass is 257 g/mol. The van der Waals surface area contributed by atoms with E-state index in [1.807, 2.05) is 13.8 Å². The second-order valence-corrected chi connectivity index (χ2v) is 2.62. The quantitative estimate of drug-likeness (QED) is 0.758. The molecule has 0 radical (unpaired) electrons. The molecule has 0 bridgehead atoms. The van der Waals surface area contributed by atoms with Gasteiger partial charge in [0.25, 0.3) is 0 Å². The van der Waals surface area contributed by atoms with Crippen molar-refractivity contribution >= 4 is 14.5 Å². The van der Waals surface area contributed by atoms with Gasteiger partial charge in [-0.1, -0.05) is 13.8 Å². The molecule has 0 saturated heterocycles. The fourth-order valence-corrected chi connectivity index (χ4v) is 0.158. The summed E-state index contributed by atoms with van der Waals surface area (Å²) >= 11 is 0. The lowest BCUT2D eigenvalue weighted by Gasteiger charge is -1.91. The van der Waals surface area contributed by atoms with Gasteiger partial charge in [0.15, 0.2) is 0 Å². The molecule has 0 rings (SSSR count). The van der Waals surface area contributed by atoms with E-state index in [2.05, 4.69) is 4.52 Å². The fourth-order valence-electron chi connectivity index (χ4n) is 0.0527. The van der Waals surface area contributed by atoms with Crippen molar-refractivity contribution in [2.75, 3.05) is 13.2 Å². The smallest absolute Gasteiger partial charge is 0.327 e. The van der Waals surface area contributed by atoms with E-state index in [9.17, 15) is 9.36 Å². The minimum absolute atomic E-state index is 0. The third kappa shape index (κ3) is 68.4. The van der Waals surface area contributed by atoms with Crippen LogP contribution in [0.15, 0.2) is 0 Å². The van der Waals surface area contributed by atoms with Gasteiger partial charge in [-0.3, -0.25) is 9.32 Å². The maximum absolute atomic E-state index is 10.0. The molecule has 0 heterocycles. The Labute approximate surface area is 102 Å². The Morgan fingerprint density at radius 1 is 1.50 bits per heavy atom. The number of Topliss-reactive ketones (excluding diaryl/α,β-unsaturated/α-hetero) is 1. The molecule has 6 heteroatoms. The number of carbonyl (C=O) groups is 1. The van der Waals surface area contributed by atoms with Crippen molar-refractivity contribution in [3.05, 3.63) is 0 Å². The number of nitrogens with two attached hydrogens (primary N) is 1. The molecule has 0 spiro atoms. The molecule has 3 N–H and O–H groups in total. The Hall–Kier alpha value is -0.350. The van der Waals surface area contributed by atoms with Gasteiger partial charge in [0.2, 0.25) is 0 Å². The molecule has 102 valence electrons. The predicted molar refractivity (Wildman–Crippen MR) is 69.8 cm³/mol. The van der Waals surface area contributed by atoms with Crippen LogP contribution < -0.4 is 5.73 Å². The zero-order chi connectivity index (χ0) is 14.0. The van der Waals surface area contributed by atoms with Gasteiger partial charge in [-0.05, 0) is 27.7 Å². The zero-order valence-corrected chi connectivity index (χ0v) is 12.1. The zero-order valence-electron chi connectivity index (χ0n) is 11.2. The molecule has 0 aromatic rings. The molecule has 0 aromatic carbocycles. The van der Waals surface area contributed by atoms with Crippen LogP contribution in [-0.4, -0.2) is 30.1 Å². The van der Waals surface area contributed by atoms with Crippen LogP contribution in [0.1, 0.15) is 43.0 Å². The normalized spacial score (nSPS) is 9.50. The number of hydrogen-bond acceptors (Lipinski definition) is 5. The predicted octanol–water partition coefficient (Wildman–Crippen LogP) is 2.42. The van der Waals surface area contributed by atoms with Crippen LogP contribution in [0.5, 0.6) is 0 Å².